The quantitative estimate of drug-likeness (QED) is 0.114. The lowest BCUT2D eigenvalue weighted by atomic mass is 10.0. The van der Waals surface area contributed by atoms with Crippen molar-refractivity contribution in [1.29, 1.82) is 0 Å². The van der Waals surface area contributed by atoms with Crippen molar-refractivity contribution in [3.8, 4) is 0 Å². The lowest BCUT2D eigenvalue weighted by Gasteiger charge is -2.49. The van der Waals surface area contributed by atoms with E-state index >= 15 is 0 Å². The number of nitrogens with one attached hydrogen (secondary N) is 1. The number of thioether (sulfide) groups is 1. The average molecular weight is 610 g/mol. The van der Waals surface area contributed by atoms with Gasteiger partial charge in [0.15, 0.2) is 10.8 Å². The Morgan fingerprint density at radius 1 is 1.30 bits per heavy atom. The van der Waals surface area contributed by atoms with E-state index < -0.39 is 45.3 Å². The number of aryl methyl sites for hydroxylation is 1. The minimum Gasteiger partial charge on any atom is -0.477 e. The summed E-state index contributed by atoms with van der Waals surface area (Å²) >= 11 is 2.34. The number of carboxylic acids is 1. The van der Waals surface area contributed by atoms with Gasteiger partial charge in [0.2, 0.25) is 0 Å². The molecule has 4 rings (SSSR count). The first-order chi connectivity index (χ1) is 18.7. The zero-order valence-electron chi connectivity index (χ0n) is 20.9. The van der Waals surface area contributed by atoms with Crippen LogP contribution in [0.3, 0.4) is 0 Å². The van der Waals surface area contributed by atoms with E-state index in [-0.39, 0.29) is 27.1 Å². The fourth-order valence-electron chi connectivity index (χ4n) is 3.43. The molecule has 0 saturated carbocycles. The number of carbonyl (C=O) groups is 4. The van der Waals surface area contributed by atoms with Crippen LogP contribution in [0.15, 0.2) is 63.6 Å². The number of β-lactam (4-membered cyclic amide) rings is 1. The number of nitrogens with zero attached hydrogens (tertiary/aromatic N) is 3. The van der Waals surface area contributed by atoms with Crippen LogP contribution in [-0.2, 0) is 34.1 Å². The van der Waals surface area contributed by atoms with Crippen molar-refractivity contribution in [2.24, 2.45) is 5.16 Å². The number of carboxylic acid groups (broad SMARTS) is 1. The van der Waals surface area contributed by atoms with Gasteiger partial charge < -0.3 is 21.0 Å². The maximum atomic E-state index is 12.7. The maximum Gasteiger partial charge on any atom is 0.352 e. The van der Waals surface area contributed by atoms with Crippen LogP contribution in [0.25, 0.3) is 0 Å². The standard InChI is InChI=1S/C16H15N5O6S2.C7H8O3S/c1-3-7-4-28-14-10(13(24)21(14)11(7)15(25)26)19-12(23)9(20-27-6(2)22)8-5-29-16(17)18-8;1-6-2-4-7(5-3-6)11(8,9)10/h3,5,10,14H,1,4H2,2H3,(H2,17,18)(H,19,23)(H,25,26);2-5H,1H3,(H,8,9,10)/b20-9+;/t10-,14-;/m1./s1. The number of rotatable bonds is 7. The van der Waals surface area contributed by atoms with Gasteiger partial charge in [0.1, 0.15) is 22.8 Å². The third-order valence-corrected chi connectivity index (χ3v) is 8.14. The summed E-state index contributed by atoms with van der Waals surface area (Å²) in [5, 5.41) is 16.5. The van der Waals surface area contributed by atoms with Gasteiger partial charge >= 0.3 is 11.9 Å². The Bertz CT molecular complexity index is 1530. The van der Waals surface area contributed by atoms with Crippen molar-refractivity contribution in [3.63, 3.8) is 0 Å². The molecule has 1 fully saturated rings. The van der Waals surface area contributed by atoms with Gasteiger partial charge in [0, 0.05) is 18.1 Å². The van der Waals surface area contributed by atoms with Crippen molar-refractivity contribution < 1.29 is 42.1 Å². The van der Waals surface area contributed by atoms with E-state index in [1.807, 2.05) is 6.92 Å². The largest absolute Gasteiger partial charge is 0.477 e. The van der Waals surface area contributed by atoms with Crippen molar-refractivity contribution >= 4 is 67.8 Å². The molecule has 0 aliphatic carbocycles. The molecule has 1 aromatic heterocycles. The Labute approximate surface area is 236 Å². The first-order valence-corrected chi connectivity index (χ1v) is 14.5. The molecule has 2 atom stereocenters. The molecule has 5 N–H and O–H groups in total. The number of hydrogen-bond acceptors (Lipinski definition) is 12. The van der Waals surface area contributed by atoms with E-state index in [1.165, 1.54) is 35.4 Å². The number of fused-ring (bicyclic) bond motifs is 1. The van der Waals surface area contributed by atoms with Crippen molar-refractivity contribution in [3.05, 3.63) is 64.8 Å². The number of anilines is 1. The highest BCUT2D eigenvalue weighted by Crippen LogP contribution is 2.40. The molecule has 2 aliphatic rings. The number of nitrogens with two attached hydrogens (primary N) is 1. The highest BCUT2D eigenvalue weighted by atomic mass is 32.2. The number of carbonyl (C=O) groups excluding carboxylic acids is 3. The van der Waals surface area contributed by atoms with Crippen LogP contribution in [0.2, 0.25) is 0 Å². The van der Waals surface area contributed by atoms with Crippen molar-refractivity contribution in [1.82, 2.24) is 15.2 Å². The van der Waals surface area contributed by atoms with Crippen LogP contribution in [-0.4, -0.2) is 74.6 Å². The summed E-state index contributed by atoms with van der Waals surface area (Å²) in [6.07, 6.45) is 1.39. The average Bonchev–Trinajstić information content (AvgIpc) is 3.31. The maximum absolute atomic E-state index is 12.7. The number of benzene rings is 1. The third kappa shape index (κ3) is 6.92. The summed E-state index contributed by atoms with van der Waals surface area (Å²) in [7, 11) is -4.02. The number of aromatic nitrogens is 1. The van der Waals surface area contributed by atoms with Crippen molar-refractivity contribution in [2.45, 2.75) is 30.2 Å². The van der Waals surface area contributed by atoms with Gasteiger partial charge in [0.25, 0.3) is 21.9 Å². The molecule has 2 amide bonds. The number of hydrogen-bond donors (Lipinski definition) is 4. The van der Waals surface area contributed by atoms with Crippen LogP contribution < -0.4 is 11.1 Å². The first-order valence-electron chi connectivity index (χ1n) is 11.1. The van der Waals surface area contributed by atoms with E-state index in [9.17, 15) is 32.7 Å². The third-order valence-electron chi connectivity index (χ3n) is 5.30. The Hall–Kier alpha value is -4.06. The number of oxime groups is 1. The second-order valence-electron chi connectivity index (χ2n) is 8.13. The molecular formula is C23H23N5O9S3. The van der Waals surface area contributed by atoms with Gasteiger partial charge in [-0.05, 0) is 24.6 Å². The first kappa shape index (κ1) is 30.5. The molecule has 2 aromatic rings. The molecule has 0 radical (unpaired) electrons. The molecule has 0 spiro atoms. The summed E-state index contributed by atoms with van der Waals surface area (Å²) < 4.78 is 29.6. The predicted molar refractivity (Wildman–Crippen MR) is 146 cm³/mol. The fourth-order valence-corrected chi connectivity index (χ4v) is 5.80. The summed E-state index contributed by atoms with van der Waals surface area (Å²) in [6.45, 7) is 6.52. The van der Waals surface area contributed by atoms with Crippen LogP contribution in [0, 0.1) is 6.92 Å². The lowest BCUT2D eigenvalue weighted by Crippen LogP contribution is -2.71. The molecule has 40 heavy (non-hydrogen) atoms. The fraction of sp³-hybridized carbons (Fsp3) is 0.217. The number of nitrogen functional groups attached to an aromatic ring is 1. The van der Waals surface area contributed by atoms with Gasteiger partial charge in [-0.2, -0.15) is 8.42 Å². The predicted octanol–water partition coefficient (Wildman–Crippen LogP) is 1.16. The zero-order chi connectivity index (χ0) is 29.8. The second-order valence-corrected chi connectivity index (χ2v) is 11.5. The number of allylic oxidation sites excluding steroid dienone is 1. The Balaban J connectivity index is 0.000000336. The summed E-state index contributed by atoms with van der Waals surface area (Å²) in [4.78, 5) is 57.4. The topological polar surface area (TPSA) is 219 Å². The Morgan fingerprint density at radius 2 is 1.95 bits per heavy atom. The summed E-state index contributed by atoms with van der Waals surface area (Å²) in [5.74, 6) is -3.08. The van der Waals surface area contributed by atoms with Gasteiger partial charge in [-0.3, -0.25) is 19.0 Å². The molecule has 2 aliphatic heterocycles. The molecule has 17 heteroatoms. The SMILES string of the molecule is C=CC1=C(C(=O)O)N2C(=O)[C@@H](NC(=O)/C(=N/OC(C)=O)c3csc(N)n3)[C@H]2SC1.Cc1ccc(S(=O)(=O)O)cc1. The monoisotopic (exact) mass is 609 g/mol. The normalized spacial score (nSPS) is 18.5. The second kappa shape index (κ2) is 12.4. The molecular weight excluding hydrogens is 586 g/mol. The van der Waals surface area contributed by atoms with E-state index in [4.69, 9.17) is 10.3 Å². The highest BCUT2D eigenvalue weighted by molar-refractivity contribution is 8.00. The zero-order valence-corrected chi connectivity index (χ0v) is 23.4. The number of thiazole rings is 1. The van der Waals surface area contributed by atoms with E-state index in [0.717, 1.165) is 28.7 Å². The minimum atomic E-state index is -4.02. The molecule has 1 saturated heterocycles. The molecule has 3 heterocycles. The molecule has 0 bridgehead atoms. The Kier molecular flexibility index (Phi) is 9.46. The Morgan fingerprint density at radius 3 is 2.45 bits per heavy atom. The van der Waals surface area contributed by atoms with E-state index in [2.05, 4.69) is 26.9 Å². The lowest BCUT2D eigenvalue weighted by molar-refractivity contribution is -0.150. The van der Waals surface area contributed by atoms with Gasteiger partial charge in [-0.25, -0.2) is 14.6 Å². The molecule has 0 unspecified atom stereocenters. The van der Waals surface area contributed by atoms with E-state index in [0.29, 0.717) is 11.3 Å². The van der Waals surface area contributed by atoms with Gasteiger partial charge in [-0.1, -0.05) is 35.5 Å². The summed E-state index contributed by atoms with van der Waals surface area (Å²) in [5.41, 5.74) is 6.54. The van der Waals surface area contributed by atoms with Crippen LogP contribution >= 0.6 is 23.1 Å². The van der Waals surface area contributed by atoms with Gasteiger partial charge in [-0.15, -0.1) is 23.1 Å². The molecule has 1 aromatic carbocycles. The smallest absolute Gasteiger partial charge is 0.352 e. The summed E-state index contributed by atoms with van der Waals surface area (Å²) in [6, 6.07) is 5.01. The molecule has 14 nitrogen and oxygen atoms in total. The number of amides is 2. The van der Waals surface area contributed by atoms with Crippen LogP contribution in [0.1, 0.15) is 18.2 Å². The van der Waals surface area contributed by atoms with E-state index in [1.54, 1.807) is 12.1 Å². The van der Waals surface area contributed by atoms with Gasteiger partial charge in [0.05, 0.1) is 4.90 Å². The number of aliphatic carboxylic acids is 1. The van der Waals surface area contributed by atoms with Crippen LogP contribution in [0.5, 0.6) is 0 Å². The molecule has 212 valence electrons. The van der Waals surface area contributed by atoms with Crippen LogP contribution in [0.4, 0.5) is 5.13 Å². The highest BCUT2D eigenvalue weighted by Gasteiger charge is 2.54. The van der Waals surface area contributed by atoms with Crippen molar-refractivity contribution in [2.75, 3.05) is 11.5 Å². The minimum absolute atomic E-state index is 0.0666.